The summed E-state index contributed by atoms with van der Waals surface area (Å²) in [7, 11) is -1.01. The predicted molar refractivity (Wildman–Crippen MR) is 129 cm³/mol. The molecule has 4 aliphatic rings. The van der Waals surface area contributed by atoms with E-state index in [1.54, 1.807) is 0 Å². The predicted octanol–water partition coefficient (Wildman–Crippen LogP) is 3.30. The van der Waals surface area contributed by atoms with Gasteiger partial charge in [-0.05, 0) is 61.6 Å². The van der Waals surface area contributed by atoms with Gasteiger partial charge in [-0.3, -0.25) is 4.21 Å². The van der Waals surface area contributed by atoms with Gasteiger partial charge in [0.1, 0.15) is 11.6 Å². The van der Waals surface area contributed by atoms with Gasteiger partial charge in [0.25, 0.3) is 0 Å². The van der Waals surface area contributed by atoms with Crippen LogP contribution in [0, 0.1) is 11.8 Å². The average molecular weight is 473 g/mol. The Balaban J connectivity index is 1.22. The number of fused-ring (bicyclic) bond motifs is 2. The van der Waals surface area contributed by atoms with E-state index in [2.05, 4.69) is 33.3 Å². The van der Waals surface area contributed by atoms with Crippen molar-refractivity contribution in [2.45, 2.75) is 36.1 Å². The van der Waals surface area contributed by atoms with Crippen LogP contribution in [0.15, 0.2) is 35.2 Å². The first-order valence-corrected chi connectivity index (χ1v) is 13.3. The minimum atomic E-state index is -1.01. The summed E-state index contributed by atoms with van der Waals surface area (Å²) in [5.41, 5.74) is 2.10. The summed E-state index contributed by atoms with van der Waals surface area (Å²) < 4.78 is 12.7. The van der Waals surface area contributed by atoms with Gasteiger partial charge < -0.3 is 20.2 Å². The van der Waals surface area contributed by atoms with Gasteiger partial charge in [-0.1, -0.05) is 11.6 Å². The first-order chi connectivity index (χ1) is 15.5. The molecule has 3 atom stereocenters. The molecule has 8 heteroatoms. The number of anilines is 3. The fourth-order valence-electron chi connectivity index (χ4n) is 5.78. The molecule has 0 amide bonds. The second-order valence-corrected chi connectivity index (χ2v) is 11.8. The topological polar surface area (TPSA) is 68.7 Å². The molecular formula is C24H29ClN4O2S. The van der Waals surface area contributed by atoms with Gasteiger partial charge in [0, 0.05) is 54.5 Å². The molecule has 2 unspecified atom stereocenters. The molecule has 3 aliphatic heterocycles. The van der Waals surface area contributed by atoms with Crippen LogP contribution in [0.1, 0.15) is 24.8 Å². The molecule has 0 radical (unpaired) electrons. The molecule has 6 rings (SSSR count). The Kier molecular flexibility index (Phi) is 5.12. The summed E-state index contributed by atoms with van der Waals surface area (Å²) >= 11 is 6.06. The third-order valence-corrected chi connectivity index (χ3v) is 9.56. The second-order valence-electron chi connectivity index (χ2n) is 9.84. The van der Waals surface area contributed by atoms with E-state index >= 15 is 0 Å². The number of nitrogens with one attached hydrogen (secondary N) is 1. The molecule has 170 valence electrons. The SMILES string of the molecule is O=[S@@]1CCc2cc(N3CC4CN(c5ccc(Cl)cc5)CC4C3)nc(NC3(CO)CCC3)c21. The Morgan fingerprint density at radius 2 is 1.81 bits per heavy atom. The molecule has 1 saturated carbocycles. The molecule has 1 aromatic carbocycles. The fraction of sp³-hybridized carbons (Fsp3) is 0.542. The molecule has 2 aromatic rings. The van der Waals surface area contributed by atoms with Gasteiger partial charge in [0.15, 0.2) is 0 Å². The summed E-state index contributed by atoms with van der Waals surface area (Å²) in [5, 5.41) is 14.2. The molecule has 0 spiro atoms. The first-order valence-electron chi connectivity index (χ1n) is 11.6. The van der Waals surface area contributed by atoms with E-state index in [1.807, 2.05) is 12.1 Å². The van der Waals surface area contributed by atoms with Gasteiger partial charge in [0.2, 0.25) is 0 Å². The lowest BCUT2D eigenvalue weighted by molar-refractivity contribution is 0.143. The molecule has 2 N–H and O–H groups in total. The molecule has 1 aliphatic carbocycles. The average Bonchev–Trinajstić information content (AvgIpc) is 3.44. The largest absolute Gasteiger partial charge is 0.394 e. The summed E-state index contributed by atoms with van der Waals surface area (Å²) in [6, 6.07) is 10.3. The number of halogens is 1. The Morgan fingerprint density at radius 3 is 2.44 bits per heavy atom. The highest BCUT2D eigenvalue weighted by Crippen LogP contribution is 2.41. The number of aliphatic hydroxyl groups excluding tert-OH is 1. The lowest BCUT2D eigenvalue weighted by Gasteiger charge is -2.41. The van der Waals surface area contributed by atoms with Crippen LogP contribution in [-0.4, -0.2) is 58.4 Å². The zero-order valence-electron chi connectivity index (χ0n) is 18.1. The zero-order chi connectivity index (χ0) is 21.9. The van der Waals surface area contributed by atoms with Crippen molar-refractivity contribution in [1.82, 2.24) is 4.98 Å². The van der Waals surface area contributed by atoms with Gasteiger partial charge in [-0.15, -0.1) is 0 Å². The standard InChI is InChI=1S/C24H29ClN4O2S/c25-19-2-4-20(5-3-19)28-11-17-13-29(14-18(17)12-28)21-10-16-6-9-32(31)22(16)23(26-21)27-24(15-30)7-1-8-24/h2-5,10,17-18,30H,1,6-9,11-15H2,(H,26,27)/t17?,18?,32-/m1/s1. The number of hydrogen-bond acceptors (Lipinski definition) is 6. The van der Waals surface area contributed by atoms with Gasteiger partial charge in [-0.2, -0.15) is 0 Å². The Morgan fingerprint density at radius 1 is 1.12 bits per heavy atom. The quantitative estimate of drug-likeness (QED) is 0.696. The van der Waals surface area contributed by atoms with E-state index in [4.69, 9.17) is 16.6 Å². The van der Waals surface area contributed by atoms with E-state index in [0.717, 1.165) is 79.0 Å². The number of aromatic nitrogens is 1. The summed E-state index contributed by atoms with van der Waals surface area (Å²) in [4.78, 5) is 10.7. The number of rotatable bonds is 5. The number of aliphatic hydroxyl groups is 1. The van der Waals surface area contributed by atoms with Crippen molar-refractivity contribution in [2.24, 2.45) is 11.8 Å². The molecular weight excluding hydrogens is 444 g/mol. The highest BCUT2D eigenvalue weighted by molar-refractivity contribution is 7.85. The minimum absolute atomic E-state index is 0.0920. The van der Waals surface area contributed by atoms with Crippen LogP contribution in [0.4, 0.5) is 17.3 Å². The maximum atomic E-state index is 12.7. The third-order valence-electron chi connectivity index (χ3n) is 7.82. The summed E-state index contributed by atoms with van der Waals surface area (Å²) in [5.74, 6) is 3.62. The number of hydrogen-bond donors (Lipinski definition) is 2. The lowest BCUT2D eigenvalue weighted by Crippen LogP contribution is -2.48. The summed E-state index contributed by atoms with van der Waals surface area (Å²) in [6.07, 6.45) is 3.82. The van der Waals surface area contributed by atoms with Crippen LogP contribution in [-0.2, 0) is 17.2 Å². The third kappa shape index (κ3) is 3.49. The van der Waals surface area contributed by atoms with Crippen molar-refractivity contribution in [3.63, 3.8) is 0 Å². The molecule has 0 bridgehead atoms. The Labute approximate surface area is 196 Å². The Bertz CT molecular complexity index is 1040. The van der Waals surface area contributed by atoms with Crippen LogP contribution >= 0.6 is 11.6 Å². The van der Waals surface area contributed by atoms with Crippen LogP contribution in [0.3, 0.4) is 0 Å². The summed E-state index contributed by atoms with van der Waals surface area (Å²) in [6.45, 7) is 4.18. The van der Waals surface area contributed by atoms with E-state index < -0.39 is 10.8 Å². The first kappa shape index (κ1) is 20.8. The number of pyridine rings is 1. The smallest absolute Gasteiger partial charge is 0.145 e. The minimum Gasteiger partial charge on any atom is -0.394 e. The second kappa shape index (κ2) is 7.89. The fourth-order valence-corrected chi connectivity index (χ4v) is 7.28. The van der Waals surface area contributed by atoms with Crippen LogP contribution in [0.5, 0.6) is 0 Å². The van der Waals surface area contributed by atoms with Crippen LogP contribution < -0.4 is 15.1 Å². The van der Waals surface area contributed by atoms with E-state index in [0.29, 0.717) is 17.6 Å². The zero-order valence-corrected chi connectivity index (χ0v) is 19.7. The lowest BCUT2D eigenvalue weighted by atomic mass is 9.77. The highest BCUT2D eigenvalue weighted by Gasteiger charge is 2.42. The van der Waals surface area contributed by atoms with E-state index in [-0.39, 0.29) is 12.1 Å². The molecule has 32 heavy (non-hydrogen) atoms. The maximum absolute atomic E-state index is 12.7. The normalized spacial score (nSPS) is 27.9. The highest BCUT2D eigenvalue weighted by atomic mass is 35.5. The van der Waals surface area contributed by atoms with Crippen molar-refractivity contribution >= 4 is 39.7 Å². The monoisotopic (exact) mass is 472 g/mol. The number of benzene rings is 1. The van der Waals surface area contributed by atoms with Crippen molar-refractivity contribution in [3.05, 3.63) is 40.9 Å². The van der Waals surface area contributed by atoms with E-state index in [1.165, 1.54) is 5.69 Å². The van der Waals surface area contributed by atoms with Gasteiger partial charge in [-0.25, -0.2) is 4.98 Å². The molecule has 3 fully saturated rings. The van der Waals surface area contributed by atoms with Crippen molar-refractivity contribution in [3.8, 4) is 0 Å². The maximum Gasteiger partial charge on any atom is 0.145 e. The van der Waals surface area contributed by atoms with Crippen LogP contribution in [0.2, 0.25) is 5.02 Å². The van der Waals surface area contributed by atoms with E-state index in [9.17, 15) is 9.32 Å². The molecule has 4 heterocycles. The molecule has 6 nitrogen and oxygen atoms in total. The van der Waals surface area contributed by atoms with Gasteiger partial charge in [0.05, 0.1) is 27.8 Å². The van der Waals surface area contributed by atoms with Crippen molar-refractivity contribution in [2.75, 3.05) is 53.7 Å². The molecule has 2 saturated heterocycles. The molecule has 1 aromatic heterocycles. The number of nitrogens with zero attached hydrogens (tertiary/aromatic N) is 3. The van der Waals surface area contributed by atoms with Crippen molar-refractivity contribution < 1.29 is 9.32 Å². The van der Waals surface area contributed by atoms with Crippen molar-refractivity contribution in [1.29, 1.82) is 0 Å². The van der Waals surface area contributed by atoms with Crippen LogP contribution in [0.25, 0.3) is 0 Å². The van der Waals surface area contributed by atoms with Gasteiger partial charge >= 0.3 is 0 Å². The number of aryl methyl sites for hydroxylation is 1. The Hall–Kier alpha value is -1.83.